The lowest BCUT2D eigenvalue weighted by molar-refractivity contribution is -0.121. The number of anilines is 1. The number of benzene rings is 2. The Morgan fingerprint density at radius 3 is 2.42 bits per heavy atom. The maximum Gasteiger partial charge on any atom is 0.232 e. The van der Waals surface area contributed by atoms with Crippen molar-refractivity contribution in [3.8, 4) is 11.5 Å². The number of methoxy groups -OCH3 is 2. The van der Waals surface area contributed by atoms with Gasteiger partial charge in [0, 0.05) is 18.0 Å². The van der Waals surface area contributed by atoms with Crippen LogP contribution in [0, 0.1) is 6.92 Å². The minimum Gasteiger partial charge on any atom is -0.493 e. The van der Waals surface area contributed by atoms with E-state index in [0.29, 0.717) is 28.6 Å². The molecule has 2 aromatic rings. The molecular formula is C22H29ClN2O5S. The van der Waals surface area contributed by atoms with Gasteiger partial charge in [0.05, 0.1) is 32.2 Å². The molecule has 0 heterocycles. The van der Waals surface area contributed by atoms with Gasteiger partial charge in [0.2, 0.25) is 15.9 Å². The third-order valence-electron chi connectivity index (χ3n) is 4.89. The molecule has 0 aromatic heterocycles. The Hall–Kier alpha value is -2.45. The van der Waals surface area contributed by atoms with Gasteiger partial charge in [0.15, 0.2) is 11.5 Å². The minimum atomic E-state index is -3.52. The van der Waals surface area contributed by atoms with Gasteiger partial charge in [-0.15, -0.1) is 0 Å². The third-order valence-corrected chi connectivity index (χ3v) is 6.31. The van der Waals surface area contributed by atoms with Crippen molar-refractivity contribution in [2.45, 2.75) is 32.7 Å². The highest BCUT2D eigenvalue weighted by Gasteiger charge is 2.20. The molecule has 7 nitrogen and oxygen atoms in total. The highest BCUT2D eigenvalue weighted by atomic mass is 35.5. The van der Waals surface area contributed by atoms with E-state index in [0.717, 1.165) is 17.4 Å². The largest absolute Gasteiger partial charge is 0.493 e. The highest BCUT2D eigenvalue weighted by molar-refractivity contribution is 7.92. The molecule has 0 aliphatic heterocycles. The topological polar surface area (TPSA) is 84.9 Å². The number of hydrogen-bond donors (Lipinski definition) is 1. The maximum atomic E-state index is 12.4. The van der Waals surface area contributed by atoms with Crippen LogP contribution in [0.25, 0.3) is 0 Å². The van der Waals surface area contributed by atoms with Crippen molar-refractivity contribution in [2.24, 2.45) is 0 Å². The SMILES string of the molecule is COc1ccc([C@@H](C)NC(=O)CCCN(c2cc(Cl)ccc2C)S(C)(=O)=O)cc1OC. The average molecular weight is 469 g/mol. The first kappa shape index (κ1) is 24.8. The second-order valence-electron chi connectivity index (χ2n) is 7.27. The number of amides is 1. The zero-order valence-corrected chi connectivity index (χ0v) is 20.0. The summed E-state index contributed by atoms with van der Waals surface area (Å²) in [5.41, 5.74) is 2.19. The molecule has 0 saturated carbocycles. The van der Waals surface area contributed by atoms with Crippen molar-refractivity contribution in [3.05, 3.63) is 52.5 Å². The van der Waals surface area contributed by atoms with Gasteiger partial charge in [-0.05, 0) is 55.7 Å². The lowest BCUT2D eigenvalue weighted by Crippen LogP contribution is -2.33. The minimum absolute atomic E-state index is 0.168. The van der Waals surface area contributed by atoms with Crippen molar-refractivity contribution in [1.29, 1.82) is 0 Å². The zero-order valence-electron chi connectivity index (χ0n) is 18.4. The summed E-state index contributed by atoms with van der Waals surface area (Å²) in [6.45, 7) is 3.87. The van der Waals surface area contributed by atoms with Crippen LogP contribution in [0.3, 0.4) is 0 Å². The lowest BCUT2D eigenvalue weighted by atomic mass is 10.1. The van der Waals surface area contributed by atoms with Gasteiger partial charge in [-0.25, -0.2) is 8.42 Å². The number of aryl methyl sites for hydroxylation is 1. The van der Waals surface area contributed by atoms with E-state index < -0.39 is 10.0 Å². The zero-order chi connectivity index (χ0) is 23.2. The second kappa shape index (κ2) is 10.7. The average Bonchev–Trinajstić information content (AvgIpc) is 2.71. The summed E-state index contributed by atoms with van der Waals surface area (Å²) >= 11 is 6.05. The number of hydrogen-bond acceptors (Lipinski definition) is 5. The Morgan fingerprint density at radius 1 is 1.13 bits per heavy atom. The normalized spacial score (nSPS) is 12.2. The van der Waals surface area contributed by atoms with Crippen LogP contribution < -0.4 is 19.1 Å². The number of nitrogens with zero attached hydrogens (tertiary/aromatic N) is 1. The Morgan fingerprint density at radius 2 is 1.81 bits per heavy atom. The van der Waals surface area contributed by atoms with E-state index in [4.69, 9.17) is 21.1 Å². The van der Waals surface area contributed by atoms with Crippen LogP contribution in [-0.2, 0) is 14.8 Å². The summed E-state index contributed by atoms with van der Waals surface area (Å²) in [4.78, 5) is 12.4. The predicted molar refractivity (Wildman–Crippen MR) is 124 cm³/mol. The van der Waals surface area contributed by atoms with Crippen LogP contribution in [0.4, 0.5) is 5.69 Å². The first-order valence-corrected chi connectivity index (χ1v) is 12.0. The van der Waals surface area contributed by atoms with Crippen LogP contribution >= 0.6 is 11.6 Å². The molecule has 0 saturated heterocycles. The molecule has 0 aliphatic carbocycles. The standard InChI is InChI=1S/C22H29ClN2O5S/c1-15-8-10-18(23)14-19(15)25(31(5,27)28)12-6-7-22(26)24-16(2)17-9-11-20(29-3)21(13-17)30-4/h8-11,13-14,16H,6-7,12H2,1-5H3,(H,24,26)/t16-/m1/s1. The Balaban J connectivity index is 2.00. The number of carbonyl (C=O) groups is 1. The monoisotopic (exact) mass is 468 g/mol. The van der Waals surface area contributed by atoms with Crippen LogP contribution in [0.2, 0.25) is 5.02 Å². The number of rotatable bonds is 10. The molecule has 170 valence electrons. The fraction of sp³-hybridized carbons (Fsp3) is 0.409. The Bertz CT molecular complexity index is 1030. The van der Waals surface area contributed by atoms with Crippen LogP contribution in [0.5, 0.6) is 11.5 Å². The number of carbonyl (C=O) groups excluding carboxylic acids is 1. The van der Waals surface area contributed by atoms with Crippen LogP contribution in [-0.4, -0.2) is 41.3 Å². The second-order valence-corrected chi connectivity index (χ2v) is 9.62. The van der Waals surface area contributed by atoms with E-state index in [1.807, 2.05) is 26.0 Å². The van der Waals surface area contributed by atoms with Gasteiger partial charge < -0.3 is 14.8 Å². The Labute approximate surface area is 189 Å². The smallest absolute Gasteiger partial charge is 0.232 e. The van der Waals surface area contributed by atoms with Crippen LogP contribution in [0.15, 0.2) is 36.4 Å². The lowest BCUT2D eigenvalue weighted by Gasteiger charge is -2.24. The summed E-state index contributed by atoms with van der Waals surface area (Å²) in [5.74, 6) is 1.03. The van der Waals surface area contributed by atoms with Gasteiger partial charge >= 0.3 is 0 Å². The molecule has 0 spiro atoms. The molecule has 1 atom stereocenters. The molecular weight excluding hydrogens is 440 g/mol. The van der Waals surface area contributed by atoms with Crippen molar-refractivity contribution in [2.75, 3.05) is 31.3 Å². The Kier molecular flexibility index (Phi) is 8.59. The van der Waals surface area contributed by atoms with E-state index >= 15 is 0 Å². The molecule has 2 rings (SSSR count). The number of nitrogens with one attached hydrogen (secondary N) is 1. The fourth-order valence-electron chi connectivity index (χ4n) is 3.22. The summed E-state index contributed by atoms with van der Waals surface area (Å²) in [7, 11) is -0.400. The van der Waals surface area contributed by atoms with E-state index in [-0.39, 0.29) is 24.9 Å². The summed E-state index contributed by atoms with van der Waals surface area (Å²) in [6.07, 6.45) is 1.69. The van der Waals surface area contributed by atoms with E-state index in [1.165, 1.54) is 4.31 Å². The first-order valence-electron chi connectivity index (χ1n) is 9.82. The molecule has 9 heteroatoms. The maximum absolute atomic E-state index is 12.4. The molecule has 2 aromatic carbocycles. The molecule has 0 unspecified atom stereocenters. The van der Waals surface area contributed by atoms with Gasteiger partial charge in [0.25, 0.3) is 0 Å². The summed E-state index contributed by atoms with van der Waals surface area (Å²) in [6, 6.07) is 10.3. The van der Waals surface area contributed by atoms with Crippen molar-refractivity contribution >= 4 is 33.2 Å². The third kappa shape index (κ3) is 6.77. The van der Waals surface area contributed by atoms with E-state index in [9.17, 15) is 13.2 Å². The van der Waals surface area contributed by atoms with Gasteiger partial charge in [-0.1, -0.05) is 23.7 Å². The quantitative estimate of drug-likeness (QED) is 0.567. The van der Waals surface area contributed by atoms with E-state index in [2.05, 4.69) is 5.32 Å². The number of ether oxygens (including phenoxy) is 2. The molecule has 0 fully saturated rings. The molecule has 1 amide bonds. The molecule has 0 radical (unpaired) electrons. The molecule has 0 bridgehead atoms. The van der Waals surface area contributed by atoms with E-state index in [1.54, 1.807) is 38.5 Å². The van der Waals surface area contributed by atoms with Crippen molar-refractivity contribution < 1.29 is 22.7 Å². The molecule has 31 heavy (non-hydrogen) atoms. The fourth-order valence-corrected chi connectivity index (χ4v) is 4.40. The van der Waals surface area contributed by atoms with Gasteiger partial charge in [-0.3, -0.25) is 9.10 Å². The van der Waals surface area contributed by atoms with Crippen molar-refractivity contribution in [1.82, 2.24) is 5.32 Å². The van der Waals surface area contributed by atoms with Crippen molar-refractivity contribution in [3.63, 3.8) is 0 Å². The summed E-state index contributed by atoms with van der Waals surface area (Å²) < 4.78 is 36.4. The summed E-state index contributed by atoms with van der Waals surface area (Å²) in [5, 5.41) is 3.39. The van der Waals surface area contributed by atoms with Gasteiger partial charge in [-0.2, -0.15) is 0 Å². The number of halogens is 1. The number of sulfonamides is 1. The van der Waals surface area contributed by atoms with Gasteiger partial charge in [0.1, 0.15) is 0 Å². The molecule has 1 N–H and O–H groups in total. The first-order chi connectivity index (χ1) is 14.6. The predicted octanol–water partition coefficient (Wildman–Crippen LogP) is 4.09. The van der Waals surface area contributed by atoms with Crippen LogP contribution in [0.1, 0.15) is 36.9 Å². The highest BCUT2D eigenvalue weighted by Crippen LogP contribution is 2.30. The molecule has 0 aliphatic rings.